The fourth-order valence-electron chi connectivity index (χ4n) is 3.66. The Morgan fingerprint density at radius 1 is 1.16 bits per heavy atom. The van der Waals surface area contributed by atoms with Crippen molar-refractivity contribution in [1.29, 1.82) is 0 Å². The van der Waals surface area contributed by atoms with Gasteiger partial charge in [-0.1, -0.05) is 30.7 Å². The van der Waals surface area contributed by atoms with Gasteiger partial charge in [-0.2, -0.15) is 0 Å². The topological polar surface area (TPSA) is 29.3 Å². The third-order valence-corrected chi connectivity index (χ3v) is 5.41. The molecule has 2 fully saturated rings. The quantitative estimate of drug-likeness (QED) is 0.903. The maximum absolute atomic E-state index is 5.99. The maximum Gasteiger partial charge on any atom is 0.00755 e. The third-order valence-electron chi connectivity index (χ3n) is 5.41. The highest BCUT2D eigenvalue weighted by molar-refractivity contribution is 5.33. The van der Waals surface area contributed by atoms with Crippen molar-refractivity contribution in [2.45, 2.75) is 43.4 Å². The minimum absolute atomic E-state index is 0.311. The second-order valence-electron chi connectivity index (χ2n) is 6.54. The highest BCUT2D eigenvalue weighted by Gasteiger charge is 2.37. The number of hydrogen-bond donors (Lipinski definition) is 1. The van der Waals surface area contributed by atoms with Crippen LogP contribution in [0.4, 0.5) is 0 Å². The smallest absolute Gasteiger partial charge is 0.00755 e. The Balaban J connectivity index is 1.72. The van der Waals surface area contributed by atoms with Crippen LogP contribution in [0.3, 0.4) is 0 Å². The van der Waals surface area contributed by atoms with Crippen molar-refractivity contribution in [3.63, 3.8) is 0 Å². The van der Waals surface area contributed by atoms with Gasteiger partial charge in [0.2, 0.25) is 0 Å². The van der Waals surface area contributed by atoms with Crippen LogP contribution in [0, 0.1) is 0 Å². The van der Waals surface area contributed by atoms with Crippen molar-refractivity contribution in [2.24, 2.45) is 5.73 Å². The van der Waals surface area contributed by atoms with Crippen LogP contribution in [0.25, 0.3) is 0 Å². The van der Waals surface area contributed by atoms with E-state index in [-0.39, 0.29) is 0 Å². The Morgan fingerprint density at radius 2 is 1.79 bits per heavy atom. The number of piperidine rings is 1. The summed E-state index contributed by atoms with van der Waals surface area (Å²) in [7, 11) is 2.22. The van der Waals surface area contributed by atoms with Crippen LogP contribution in [0.15, 0.2) is 24.3 Å². The minimum Gasteiger partial charge on any atom is -0.330 e. The molecule has 0 radical (unpaired) electrons. The summed E-state index contributed by atoms with van der Waals surface area (Å²) in [6.07, 6.45) is 6.50. The van der Waals surface area contributed by atoms with E-state index < -0.39 is 0 Å². The molecule has 2 aliphatic rings. The molecule has 1 aliphatic carbocycles. The van der Waals surface area contributed by atoms with Crippen molar-refractivity contribution < 1.29 is 0 Å². The zero-order valence-corrected chi connectivity index (χ0v) is 12.1. The normalized spacial score (nSPS) is 24.1. The Bertz CT molecular complexity index is 406. The van der Waals surface area contributed by atoms with Gasteiger partial charge in [0, 0.05) is 12.0 Å². The molecule has 1 aromatic rings. The second kappa shape index (κ2) is 5.26. The highest BCUT2D eigenvalue weighted by Crippen LogP contribution is 2.43. The predicted octanol–water partition coefficient (Wildman–Crippen LogP) is 2.88. The number of hydrogen-bond acceptors (Lipinski definition) is 2. The first-order valence-electron chi connectivity index (χ1n) is 7.73. The maximum atomic E-state index is 5.99. The van der Waals surface area contributed by atoms with Crippen LogP contribution in [-0.2, 0) is 5.41 Å². The number of rotatable bonds is 3. The number of nitrogens with zero attached hydrogens (tertiary/aromatic N) is 1. The number of benzene rings is 1. The van der Waals surface area contributed by atoms with Gasteiger partial charge in [-0.3, -0.25) is 0 Å². The lowest BCUT2D eigenvalue weighted by Crippen LogP contribution is -2.41. The molecular weight excluding hydrogens is 232 g/mol. The van der Waals surface area contributed by atoms with E-state index in [0.717, 1.165) is 12.5 Å². The molecule has 1 aromatic carbocycles. The summed E-state index contributed by atoms with van der Waals surface area (Å²) >= 11 is 0. The van der Waals surface area contributed by atoms with E-state index in [9.17, 15) is 0 Å². The highest BCUT2D eigenvalue weighted by atomic mass is 15.1. The van der Waals surface area contributed by atoms with E-state index in [0.29, 0.717) is 5.41 Å². The zero-order chi connectivity index (χ0) is 13.3. The molecule has 19 heavy (non-hydrogen) atoms. The Kier molecular flexibility index (Phi) is 3.64. The Labute approximate surface area is 117 Å². The summed E-state index contributed by atoms with van der Waals surface area (Å²) in [5.74, 6) is 0.764. The van der Waals surface area contributed by atoms with Gasteiger partial charge in [-0.25, -0.2) is 0 Å². The van der Waals surface area contributed by atoms with E-state index >= 15 is 0 Å². The van der Waals surface area contributed by atoms with Gasteiger partial charge in [-0.15, -0.1) is 0 Å². The molecule has 3 rings (SSSR count). The molecule has 0 aromatic heterocycles. The molecule has 1 saturated carbocycles. The SMILES string of the molecule is CN1CCC(c2ccc(C3(CN)CCC3)cc2)CC1. The number of nitrogens with two attached hydrogens (primary N) is 1. The molecule has 104 valence electrons. The Morgan fingerprint density at radius 3 is 2.26 bits per heavy atom. The van der Waals surface area contributed by atoms with Crippen LogP contribution in [-0.4, -0.2) is 31.6 Å². The molecular formula is C17H26N2. The van der Waals surface area contributed by atoms with E-state index in [2.05, 4.69) is 36.2 Å². The molecule has 0 atom stereocenters. The third kappa shape index (κ3) is 2.44. The van der Waals surface area contributed by atoms with Gasteiger partial charge in [0.25, 0.3) is 0 Å². The van der Waals surface area contributed by atoms with Gasteiger partial charge >= 0.3 is 0 Å². The van der Waals surface area contributed by atoms with Gasteiger partial charge in [-0.05, 0) is 62.9 Å². The molecule has 2 N–H and O–H groups in total. The van der Waals surface area contributed by atoms with Crippen LogP contribution < -0.4 is 5.73 Å². The molecule has 1 heterocycles. The minimum atomic E-state index is 0.311. The fraction of sp³-hybridized carbons (Fsp3) is 0.647. The van der Waals surface area contributed by atoms with E-state index in [1.165, 1.54) is 56.3 Å². The van der Waals surface area contributed by atoms with Gasteiger partial charge in [0.15, 0.2) is 0 Å². The van der Waals surface area contributed by atoms with Crippen LogP contribution >= 0.6 is 0 Å². The summed E-state index contributed by atoms with van der Waals surface area (Å²) in [4.78, 5) is 2.43. The van der Waals surface area contributed by atoms with E-state index in [1.54, 1.807) is 0 Å². The average molecular weight is 258 g/mol. The second-order valence-corrected chi connectivity index (χ2v) is 6.54. The van der Waals surface area contributed by atoms with Crippen molar-refractivity contribution in [3.05, 3.63) is 35.4 Å². The van der Waals surface area contributed by atoms with Crippen LogP contribution in [0.1, 0.15) is 49.1 Å². The van der Waals surface area contributed by atoms with Crippen molar-refractivity contribution in [3.8, 4) is 0 Å². The zero-order valence-electron chi connectivity index (χ0n) is 12.1. The van der Waals surface area contributed by atoms with Crippen molar-refractivity contribution in [1.82, 2.24) is 4.90 Å². The standard InChI is InChI=1S/C17H26N2/c1-19-11-7-15(8-12-19)14-3-5-16(6-4-14)17(13-18)9-2-10-17/h3-6,15H,2,7-13,18H2,1H3. The molecule has 1 saturated heterocycles. The van der Waals surface area contributed by atoms with Gasteiger partial charge in [0.05, 0.1) is 0 Å². The van der Waals surface area contributed by atoms with Crippen molar-refractivity contribution in [2.75, 3.05) is 26.7 Å². The molecule has 0 amide bonds. The van der Waals surface area contributed by atoms with Gasteiger partial charge < -0.3 is 10.6 Å². The monoisotopic (exact) mass is 258 g/mol. The average Bonchev–Trinajstić information content (AvgIpc) is 2.40. The lowest BCUT2D eigenvalue weighted by molar-refractivity contribution is 0.251. The van der Waals surface area contributed by atoms with E-state index in [4.69, 9.17) is 5.73 Å². The van der Waals surface area contributed by atoms with E-state index in [1.807, 2.05) is 0 Å². The summed E-state index contributed by atoms with van der Waals surface area (Å²) < 4.78 is 0. The molecule has 0 bridgehead atoms. The van der Waals surface area contributed by atoms with Crippen molar-refractivity contribution >= 4 is 0 Å². The van der Waals surface area contributed by atoms with Crippen LogP contribution in [0.2, 0.25) is 0 Å². The Hall–Kier alpha value is -0.860. The molecule has 1 aliphatic heterocycles. The first-order chi connectivity index (χ1) is 9.23. The first kappa shape index (κ1) is 13.1. The molecule has 2 heteroatoms. The lowest BCUT2D eigenvalue weighted by atomic mass is 9.64. The lowest BCUT2D eigenvalue weighted by Gasteiger charge is -2.41. The number of likely N-dealkylation sites (tertiary alicyclic amines) is 1. The summed E-state index contributed by atoms with van der Waals surface area (Å²) in [5.41, 5.74) is 9.30. The molecule has 0 spiro atoms. The largest absolute Gasteiger partial charge is 0.330 e. The summed E-state index contributed by atoms with van der Waals surface area (Å²) in [5, 5.41) is 0. The van der Waals surface area contributed by atoms with Gasteiger partial charge in [0.1, 0.15) is 0 Å². The first-order valence-corrected chi connectivity index (χ1v) is 7.73. The predicted molar refractivity (Wildman–Crippen MR) is 80.5 cm³/mol. The summed E-state index contributed by atoms with van der Waals surface area (Å²) in [6, 6.07) is 9.42. The fourth-order valence-corrected chi connectivity index (χ4v) is 3.66. The molecule has 0 unspecified atom stereocenters. The molecule has 2 nitrogen and oxygen atoms in total. The van der Waals surface area contributed by atoms with Crippen LogP contribution in [0.5, 0.6) is 0 Å². The summed E-state index contributed by atoms with van der Waals surface area (Å²) in [6.45, 7) is 3.28.